The Bertz CT molecular complexity index is 541. The average molecular weight is 320 g/mol. The number of benzene rings is 1. The first-order valence-electron chi connectivity index (χ1n) is 8.08. The summed E-state index contributed by atoms with van der Waals surface area (Å²) in [5, 5.41) is 5.40. The van der Waals surface area contributed by atoms with Crippen molar-refractivity contribution >= 4 is 17.5 Å². The highest BCUT2D eigenvalue weighted by Crippen LogP contribution is 2.19. The van der Waals surface area contributed by atoms with Crippen LogP contribution < -0.4 is 10.6 Å². The van der Waals surface area contributed by atoms with Crippen LogP contribution in [0.15, 0.2) is 18.2 Å². The zero-order valence-corrected chi connectivity index (χ0v) is 14.7. The molecular formula is C18H28N2O3. The minimum Gasteiger partial charge on any atom is -0.378 e. The lowest BCUT2D eigenvalue weighted by Crippen LogP contribution is -2.23. The Balaban J connectivity index is 2.58. The van der Waals surface area contributed by atoms with Gasteiger partial charge in [0.25, 0.3) is 5.91 Å². The maximum atomic E-state index is 12.1. The standard InChI is InChI=1S/C18H28N2O3/c1-12(2)11-14(4)23-10-9-16(21)20-15-8-6-7-13(3)17(15)18(22)19-5/h6-8,12,14H,9-11H2,1-5H3,(H,19,22)(H,20,21)/t14-/m0/s1. The second-order valence-corrected chi connectivity index (χ2v) is 6.19. The Morgan fingerprint density at radius 3 is 2.52 bits per heavy atom. The number of carbonyl (C=O) groups is 2. The number of hydrogen-bond donors (Lipinski definition) is 2. The second kappa shape index (κ2) is 9.30. The van der Waals surface area contributed by atoms with Crippen LogP contribution in [-0.4, -0.2) is 31.6 Å². The van der Waals surface area contributed by atoms with Crippen molar-refractivity contribution in [1.29, 1.82) is 0 Å². The molecule has 1 aromatic carbocycles. The van der Waals surface area contributed by atoms with Gasteiger partial charge < -0.3 is 15.4 Å². The van der Waals surface area contributed by atoms with Gasteiger partial charge in [0.15, 0.2) is 0 Å². The Morgan fingerprint density at radius 2 is 1.91 bits per heavy atom. The summed E-state index contributed by atoms with van der Waals surface area (Å²) in [5.74, 6) is 0.207. The number of carbonyl (C=O) groups excluding carboxylic acids is 2. The van der Waals surface area contributed by atoms with Gasteiger partial charge in [-0.3, -0.25) is 9.59 Å². The van der Waals surface area contributed by atoms with E-state index in [2.05, 4.69) is 24.5 Å². The van der Waals surface area contributed by atoms with Crippen molar-refractivity contribution in [2.75, 3.05) is 19.0 Å². The SMILES string of the molecule is CNC(=O)c1c(C)cccc1NC(=O)CCO[C@@H](C)CC(C)C. The van der Waals surface area contributed by atoms with Crippen LogP contribution in [-0.2, 0) is 9.53 Å². The molecule has 0 bridgehead atoms. The quantitative estimate of drug-likeness (QED) is 0.773. The smallest absolute Gasteiger partial charge is 0.253 e. The summed E-state index contributed by atoms with van der Waals surface area (Å²) < 4.78 is 5.64. The summed E-state index contributed by atoms with van der Waals surface area (Å²) in [6, 6.07) is 5.40. The number of ether oxygens (including phenoxy) is 1. The summed E-state index contributed by atoms with van der Waals surface area (Å²) in [6.07, 6.45) is 1.38. The lowest BCUT2D eigenvalue weighted by Gasteiger charge is -2.15. The molecule has 128 valence electrons. The molecule has 0 spiro atoms. The number of nitrogens with one attached hydrogen (secondary N) is 2. The molecular weight excluding hydrogens is 292 g/mol. The largest absolute Gasteiger partial charge is 0.378 e. The molecule has 23 heavy (non-hydrogen) atoms. The molecule has 0 aromatic heterocycles. The van der Waals surface area contributed by atoms with Crippen LogP contribution in [0.25, 0.3) is 0 Å². The number of amides is 2. The fraction of sp³-hybridized carbons (Fsp3) is 0.556. The highest BCUT2D eigenvalue weighted by atomic mass is 16.5. The third-order valence-electron chi connectivity index (χ3n) is 3.54. The van der Waals surface area contributed by atoms with E-state index in [-0.39, 0.29) is 24.3 Å². The van der Waals surface area contributed by atoms with Gasteiger partial charge in [-0.1, -0.05) is 26.0 Å². The number of hydrogen-bond acceptors (Lipinski definition) is 3. The van der Waals surface area contributed by atoms with E-state index in [9.17, 15) is 9.59 Å². The minimum absolute atomic E-state index is 0.142. The molecule has 1 aromatic rings. The summed E-state index contributed by atoms with van der Waals surface area (Å²) in [4.78, 5) is 24.0. The van der Waals surface area contributed by atoms with Crippen molar-refractivity contribution < 1.29 is 14.3 Å². The molecule has 0 aliphatic rings. The molecule has 5 nitrogen and oxygen atoms in total. The highest BCUT2D eigenvalue weighted by molar-refractivity contribution is 6.04. The maximum Gasteiger partial charge on any atom is 0.253 e. The van der Waals surface area contributed by atoms with Gasteiger partial charge in [-0.15, -0.1) is 0 Å². The molecule has 0 aliphatic heterocycles. The van der Waals surface area contributed by atoms with Crippen molar-refractivity contribution in [3.8, 4) is 0 Å². The van der Waals surface area contributed by atoms with Gasteiger partial charge in [0.2, 0.25) is 5.91 Å². The summed E-state index contributed by atoms with van der Waals surface area (Å²) in [5.41, 5.74) is 1.85. The summed E-state index contributed by atoms with van der Waals surface area (Å²) >= 11 is 0. The van der Waals surface area contributed by atoms with Gasteiger partial charge >= 0.3 is 0 Å². The van der Waals surface area contributed by atoms with Crippen molar-refractivity contribution in [3.63, 3.8) is 0 Å². The fourth-order valence-electron chi connectivity index (χ4n) is 2.50. The van der Waals surface area contributed by atoms with E-state index in [0.29, 0.717) is 23.8 Å². The molecule has 0 radical (unpaired) electrons. The first kappa shape index (κ1) is 19.2. The zero-order chi connectivity index (χ0) is 17.4. The highest BCUT2D eigenvalue weighted by Gasteiger charge is 2.15. The minimum atomic E-state index is -0.208. The molecule has 2 amide bonds. The van der Waals surface area contributed by atoms with Crippen molar-refractivity contribution in [2.24, 2.45) is 5.92 Å². The van der Waals surface area contributed by atoms with Crippen LogP contribution in [0.3, 0.4) is 0 Å². The van der Waals surface area contributed by atoms with Crippen molar-refractivity contribution in [2.45, 2.75) is 46.6 Å². The molecule has 0 fully saturated rings. The van der Waals surface area contributed by atoms with Crippen LogP contribution in [0.5, 0.6) is 0 Å². The Labute approximate surface area is 138 Å². The molecule has 1 atom stereocenters. The Hall–Kier alpha value is -1.88. The number of aryl methyl sites for hydroxylation is 1. The normalized spacial score (nSPS) is 12.1. The number of rotatable bonds is 8. The predicted molar refractivity (Wildman–Crippen MR) is 92.7 cm³/mol. The van der Waals surface area contributed by atoms with Gasteiger partial charge in [0, 0.05) is 7.05 Å². The van der Waals surface area contributed by atoms with E-state index < -0.39 is 0 Å². The van der Waals surface area contributed by atoms with Crippen LogP contribution in [0.4, 0.5) is 5.69 Å². The van der Waals surface area contributed by atoms with Gasteiger partial charge in [0.05, 0.1) is 30.4 Å². The summed E-state index contributed by atoms with van der Waals surface area (Å²) in [6.45, 7) is 8.52. The van der Waals surface area contributed by atoms with E-state index in [1.807, 2.05) is 26.0 Å². The molecule has 2 N–H and O–H groups in total. The van der Waals surface area contributed by atoms with Crippen LogP contribution in [0.2, 0.25) is 0 Å². The molecule has 0 saturated heterocycles. The van der Waals surface area contributed by atoms with Gasteiger partial charge in [-0.05, 0) is 37.8 Å². The lowest BCUT2D eigenvalue weighted by molar-refractivity contribution is -0.117. The van der Waals surface area contributed by atoms with E-state index >= 15 is 0 Å². The monoisotopic (exact) mass is 320 g/mol. The molecule has 1 rings (SSSR count). The zero-order valence-electron chi connectivity index (χ0n) is 14.7. The van der Waals surface area contributed by atoms with E-state index in [0.717, 1.165) is 12.0 Å². The third kappa shape index (κ3) is 6.40. The summed E-state index contributed by atoms with van der Waals surface area (Å²) in [7, 11) is 1.57. The van der Waals surface area contributed by atoms with Gasteiger partial charge in [-0.25, -0.2) is 0 Å². The number of anilines is 1. The topological polar surface area (TPSA) is 67.4 Å². The van der Waals surface area contributed by atoms with E-state index in [1.165, 1.54) is 0 Å². The molecule has 0 unspecified atom stereocenters. The average Bonchev–Trinajstić information content (AvgIpc) is 2.46. The van der Waals surface area contributed by atoms with E-state index in [4.69, 9.17) is 4.74 Å². The van der Waals surface area contributed by atoms with Crippen molar-refractivity contribution in [1.82, 2.24) is 5.32 Å². The van der Waals surface area contributed by atoms with Crippen molar-refractivity contribution in [3.05, 3.63) is 29.3 Å². The molecule has 0 aliphatic carbocycles. The second-order valence-electron chi connectivity index (χ2n) is 6.19. The third-order valence-corrected chi connectivity index (χ3v) is 3.54. The Morgan fingerprint density at radius 1 is 1.22 bits per heavy atom. The molecule has 0 saturated carbocycles. The Kier molecular flexibility index (Phi) is 7.75. The first-order valence-corrected chi connectivity index (χ1v) is 8.08. The van der Waals surface area contributed by atoms with Crippen LogP contribution >= 0.6 is 0 Å². The maximum absolute atomic E-state index is 12.1. The molecule has 5 heteroatoms. The van der Waals surface area contributed by atoms with Gasteiger partial charge in [-0.2, -0.15) is 0 Å². The molecule has 0 heterocycles. The van der Waals surface area contributed by atoms with Gasteiger partial charge in [0.1, 0.15) is 0 Å². The fourth-order valence-corrected chi connectivity index (χ4v) is 2.50. The van der Waals surface area contributed by atoms with Crippen LogP contribution in [0, 0.1) is 12.8 Å². The lowest BCUT2D eigenvalue weighted by atomic mass is 10.1. The van der Waals surface area contributed by atoms with Crippen LogP contribution in [0.1, 0.15) is 49.5 Å². The first-order chi connectivity index (χ1) is 10.8. The predicted octanol–water partition coefficient (Wildman–Crippen LogP) is 3.13. The van der Waals surface area contributed by atoms with E-state index in [1.54, 1.807) is 13.1 Å².